The molecule has 1 amide bonds. The van der Waals surface area contributed by atoms with E-state index in [0.717, 1.165) is 10.3 Å². The molecular weight excluding hydrogens is 370 g/mol. The van der Waals surface area contributed by atoms with Crippen LogP contribution in [0.2, 0.25) is 0 Å². The van der Waals surface area contributed by atoms with Gasteiger partial charge in [-0.15, -0.1) is 0 Å². The van der Waals surface area contributed by atoms with E-state index in [4.69, 9.17) is 0 Å². The third kappa shape index (κ3) is 5.73. The molecule has 0 bridgehead atoms. The van der Waals surface area contributed by atoms with E-state index < -0.39 is 29.8 Å². The highest BCUT2D eigenvalue weighted by Gasteiger charge is 2.29. The number of nitrogens with one attached hydrogen (secondary N) is 2. The van der Waals surface area contributed by atoms with Gasteiger partial charge in [-0.05, 0) is 37.0 Å². The van der Waals surface area contributed by atoms with Crippen molar-refractivity contribution in [3.8, 4) is 0 Å². The Bertz CT molecular complexity index is 849. The van der Waals surface area contributed by atoms with E-state index in [-0.39, 0.29) is 12.5 Å². The second-order valence-corrected chi connectivity index (χ2v) is 7.83. The lowest BCUT2D eigenvalue weighted by atomic mass is 10.0. The zero-order valence-corrected chi connectivity index (χ0v) is 16.2. The average molecular weight is 393 g/mol. The van der Waals surface area contributed by atoms with Gasteiger partial charge in [0.1, 0.15) is 12.0 Å². The van der Waals surface area contributed by atoms with Crippen molar-refractivity contribution < 1.29 is 24.6 Å². The Hall–Kier alpha value is -2.52. The fourth-order valence-electron chi connectivity index (χ4n) is 2.57. The summed E-state index contributed by atoms with van der Waals surface area (Å²) < 4.78 is 0.887. The van der Waals surface area contributed by atoms with Crippen LogP contribution in [0.1, 0.15) is 25.8 Å². The molecule has 0 aliphatic carbocycles. The predicted octanol–water partition coefficient (Wildman–Crippen LogP) is 2.33. The number of carbonyl (C=O) groups excluding carboxylic acids is 1. The first kappa shape index (κ1) is 20.8. The van der Waals surface area contributed by atoms with Crippen LogP contribution in [0.15, 0.2) is 18.2 Å². The van der Waals surface area contributed by atoms with E-state index in [9.17, 15) is 24.6 Å². The van der Waals surface area contributed by atoms with Gasteiger partial charge in [-0.2, -0.15) is 0 Å². The molecule has 2 aromatic rings. The van der Waals surface area contributed by atoms with E-state index >= 15 is 0 Å². The number of nitrogens with zero attached hydrogens (tertiary/aromatic N) is 1. The highest BCUT2D eigenvalue weighted by Crippen LogP contribution is 2.27. The number of thiazole rings is 1. The minimum absolute atomic E-state index is 0.113. The van der Waals surface area contributed by atoms with E-state index in [1.165, 1.54) is 11.3 Å². The number of hydrogen-bond donors (Lipinski definition) is 4. The van der Waals surface area contributed by atoms with Gasteiger partial charge in [-0.1, -0.05) is 31.3 Å². The van der Waals surface area contributed by atoms with Crippen LogP contribution < -0.4 is 10.6 Å². The molecule has 2 atom stereocenters. The number of carboxylic acids is 2. The fourth-order valence-corrected chi connectivity index (χ4v) is 3.54. The van der Waals surface area contributed by atoms with Crippen LogP contribution in [0, 0.1) is 18.8 Å². The lowest BCUT2D eigenvalue weighted by Crippen LogP contribution is -2.45. The molecular formula is C18H23N3O5S. The number of carbonyl (C=O) groups is 3. The van der Waals surface area contributed by atoms with Gasteiger partial charge in [0, 0.05) is 6.54 Å². The monoisotopic (exact) mass is 393 g/mol. The average Bonchev–Trinajstić information content (AvgIpc) is 2.94. The number of benzene rings is 1. The maximum absolute atomic E-state index is 12.4. The van der Waals surface area contributed by atoms with Gasteiger partial charge < -0.3 is 20.8 Å². The lowest BCUT2D eigenvalue weighted by Gasteiger charge is -2.19. The fraction of sp³-hybridized carbons (Fsp3) is 0.444. The van der Waals surface area contributed by atoms with Crippen molar-refractivity contribution in [3.05, 3.63) is 23.8 Å². The van der Waals surface area contributed by atoms with Gasteiger partial charge in [0.05, 0.1) is 10.2 Å². The molecule has 0 saturated heterocycles. The summed E-state index contributed by atoms with van der Waals surface area (Å²) in [6.45, 7) is 5.40. The molecule has 0 aliphatic rings. The zero-order chi connectivity index (χ0) is 20.1. The zero-order valence-electron chi connectivity index (χ0n) is 15.4. The molecule has 1 aromatic carbocycles. The smallest absolute Gasteiger partial charge is 0.320 e. The number of fused-ring (bicyclic) bond motifs is 1. The van der Waals surface area contributed by atoms with Gasteiger partial charge in [0.2, 0.25) is 5.91 Å². The summed E-state index contributed by atoms with van der Waals surface area (Å²) in [5, 5.41) is 24.1. The molecule has 9 heteroatoms. The highest BCUT2D eigenvalue weighted by molar-refractivity contribution is 7.22. The van der Waals surface area contributed by atoms with E-state index in [0.29, 0.717) is 17.1 Å². The number of aromatic nitrogens is 1. The Morgan fingerprint density at radius 2 is 1.89 bits per heavy atom. The Morgan fingerprint density at radius 3 is 2.48 bits per heavy atom. The van der Waals surface area contributed by atoms with Crippen molar-refractivity contribution in [2.24, 2.45) is 11.8 Å². The van der Waals surface area contributed by atoms with Crippen molar-refractivity contribution in [3.63, 3.8) is 0 Å². The van der Waals surface area contributed by atoms with Crippen LogP contribution in [0.3, 0.4) is 0 Å². The van der Waals surface area contributed by atoms with Crippen molar-refractivity contribution >= 4 is 44.5 Å². The van der Waals surface area contributed by atoms with E-state index in [1.807, 2.05) is 39.0 Å². The molecule has 0 fully saturated rings. The minimum Gasteiger partial charge on any atom is -0.481 e. The Morgan fingerprint density at radius 1 is 1.19 bits per heavy atom. The number of anilines is 1. The number of aliphatic carboxylic acids is 2. The third-order valence-corrected chi connectivity index (χ3v) is 4.90. The topological polar surface area (TPSA) is 129 Å². The van der Waals surface area contributed by atoms with Crippen molar-refractivity contribution in [1.29, 1.82) is 0 Å². The molecule has 2 rings (SSSR count). The molecule has 1 heterocycles. The summed E-state index contributed by atoms with van der Waals surface area (Å²) in [4.78, 5) is 39.4. The predicted molar refractivity (Wildman–Crippen MR) is 103 cm³/mol. The Balaban J connectivity index is 2.07. The van der Waals surface area contributed by atoms with Gasteiger partial charge in [-0.3, -0.25) is 14.4 Å². The molecule has 0 saturated carbocycles. The normalized spacial score (nSPS) is 13.5. The van der Waals surface area contributed by atoms with Crippen LogP contribution in [-0.4, -0.2) is 45.6 Å². The second kappa shape index (κ2) is 8.92. The quantitative estimate of drug-likeness (QED) is 0.481. The van der Waals surface area contributed by atoms with Crippen molar-refractivity contribution in [1.82, 2.24) is 10.3 Å². The molecule has 4 N–H and O–H groups in total. The Kier molecular flexibility index (Phi) is 6.86. The van der Waals surface area contributed by atoms with Crippen LogP contribution in [0.25, 0.3) is 10.2 Å². The summed E-state index contributed by atoms with van der Waals surface area (Å²) in [5.74, 6) is -4.45. The van der Waals surface area contributed by atoms with Crippen LogP contribution in [0.5, 0.6) is 0 Å². The standard InChI is InChI=1S/C18H23N3O5S/c1-9(2)6-13(17(25)26)19-8-11(16(23)24)15(22)21-18-20-12-5-4-10(3)7-14(12)27-18/h4-5,7,9,11,13,19H,6,8H2,1-3H3,(H,23,24)(H,25,26)(H,20,21,22). The van der Waals surface area contributed by atoms with E-state index in [1.54, 1.807) is 0 Å². The lowest BCUT2D eigenvalue weighted by molar-refractivity contribution is -0.146. The molecule has 2 unspecified atom stereocenters. The maximum atomic E-state index is 12.4. The van der Waals surface area contributed by atoms with Crippen LogP contribution in [-0.2, 0) is 14.4 Å². The van der Waals surface area contributed by atoms with Crippen LogP contribution in [0.4, 0.5) is 5.13 Å². The summed E-state index contributed by atoms with van der Waals surface area (Å²) in [5.41, 5.74) is 1.77. The molecule has 146 valence electrons. The SMILES string of the molecule is Cc1ccc2nc(NC(=O)C(CNC(CC(C)C)C(=O)O)C(=O)O)sc2c1. The summed E-state index contributed by atoms with van der Waals surface area (Å²) >= 11 is 1.26. The molecule has 0 aliphatic heterocycles. The number of amides is 1. The minimum atomic E-state index is -1.42. The highest BCUT2D eigenvalue weighted by atomic mass is 32.1. The number of rotatable bonds is 9. The first-order valence-electron chi connectivity index (χ1n) is 8.54. The number of carboxylic acid groups (broad SMARTS) is 2. The molecule has 1 aromatic heterocycles. The van der Waals surface area contributed by atoms with Crippen molar-refractivity contribution in [2.45, 2.75) is 33.2 Å². The molecule has 0 radical (unpaired) electrons. The summed E-state index contributed by atoms with van der Waals surface area (Å²) in [7, 11) is 0. The first-order chi connectivity index (χ1) is 12.7. The molecule has 8 nitrogen and oxygen atoms in total. The number of hydrogen-bond acceptors (Lipinski definition) is 6. The van der Waals surface area contributed by atoms with Gasteiger partial charge in [-0.25, -0.2) is 4.98 Å². The second-order valence-electron chi connectivity index (χ2n) is 6.80. The molecule has 0 spiro atoms. The van der Waals surface area contributed by atoms with E-state index in [2.05, 4.69) is 15.6 Å². The molecule has 27 heavy (non-hydrogen) atoms. The number of aryl methyl sites for hydroxylation is 1. The third-order valence-electron chi connectivity index (χ3n) is 3.96. The van der Waals surface area contributed by atoms with Crippen LogP contribution >= 0.6 is 11.3 Å². The summed E-state index contributed by atoms with van der Waals surface area (Å²) in [6.07, 6.45) is 0.334. The van der Waals surface area contributed by atoms with Gasteiger partial charge in [0.15, 0.2) is 5.13 Å². The van der Waals surface area contributed by atoms with Gasteiger partial charge in [0.25, 0.3) is 0 Å². The maximum Gasteiger partial charge on any atom is 0.320 e. The first-order valence-corrected chi connectivity index (χ1v) is 9.36. The van der Waals surface area contributed by atoms with Gasteiger partial charge >= 0.3 is 11.9 Å². The Labute approximate surface area is 160 Å². The largest absolute Gasteiger partial charge is 0.481 e. The summed E-state index contributed by atoms with van der Waals surface area (Å²) in [6, 6.07) is 4.75. The van der Waals surface area contributed by atoms with Crippen molar-refractivity contribution in [2.75, 3.05) is 11.9 Å².